The van der Waals surface area contributed by atoms with Crippen molar-refractivity contribution >= 4 is 11.5 Å². The third-order valence-corrected chi connectivity index (χ3v) is 3.35. The Morgan fingerprint density at radius 1 is 1.47 bits per heavy atom. The molecule has 2 rings (SSSR count). The Morgan fingerprint density at radius 2 is 2.24 bits per heavy atom. The predicted molar refractivity (Wildman–Crippen MR) is 67.0 cm³/mol. The number of hydrogen-bond acceptors (Lipinski definition) is 2. The average molecular weight is 235 g/mol. The number of carbonyl (C=O) groups is 1. The minimum Gasteiger partial charge on any atom is -0.369 e. The summed E-state index contributed by atoms with van der Waals surface area (Å²) in [5.41, 5.74) is 1.07. The Morgan fingerprint density at radius 3 is 2.82 bits per heavy atom. The fourth-order valence-corrected chi connectivity index (χ4v) is 2.39. The van der Waals surface area contributed by atoms with Crippen LogP contribution in [-0.4, -0.2) is 18.9 Å². The molecule has 1 aromatic carbocycles. The van der Waals surface area contributed by atoms with E-state index in [4.69, 9.17) is 0 Å². The summed E-state index contributed by atoms with van der Waals surface area (Å²) in [5, 5.41) is 0. The van der Waals surface area contributed by atoms with Gasteiger partial charge in [-0.3, -0.25) is 4.79 Å². The van der Waals surface area contributed by atoms with Crippen LogP contribution in [0.4, 0.5) is 10.1 Å². The molecule has 0 amide bonds. The quantitative estimate of drug-likeness (QED) is 0.733. The molecule has 0 spiro atoms. The molecule has 0 aromatic heterocycles. The van der Waals surface area contributed by atoms with Gasteiger partial charge >= 0.3 is 0 Å². The van der Waals surface area contributed by atoms with Crippen LogP contribution in [0.1, 0.15) is 37.0 Å². The first-order chi connectivity index (χ1) is 8.08. The van der Waals surface area contributed by atoms with Gasteiger partial charge in [0.25, 0.3) is 0 Å². The highest BCUT2D eigenvalue weighted by Gasteiger charge is 2.19. The monoisotopic (exact) mass is 235 g/mol. The van der Waals surface area contributed by atoms with Crippen LogP contribution in [0.15, 0.2) is 18.2 Å². The molecule has 0 radical (unpaired) electrons. The highest BCUT2D eigenvalue weighted by molar-refractivity contribution is 5.94. The number of hydrogen-bond donors (Lipinski definition) is 0. The second-order valence-electron chi connectivity index (χ2n) is 4.92. The molecular weight excluding hydrogens is 217 g/mol. The number of Topliss-reactive ketones (excluding diaryl/α,β-unsaturated/α-hetero) is 1. The van der Waals surface area contributed by atoms with Gasteiger partial charge in [0.1, 0.15) is 5.82 Å². The standard InChI is InChI=1S/C14H18FNO/c1-10-4-3-7-16(9-10)14-6-5-12(11(2)17)8-13(14)15/h5-6,8,10H,3-4,7,9H2,1-2H3. The zero-order chi connectivity index (χ0) is 12.4. The van der Waals surface area contributed by atoms with E-state index in [9.17, 15) is 9.18 Å². The fourth-order valence-electron chi connectivity index (χ4n) is 2.39. The molecule has 1 unspecified atom stereocenters. The van der Waals surface area contributed by atoms with Crippen molar-refractivity contribution in [2.45, 2.75) is 26.7 Å². The van der Waals surface area contributed by atoms with E-state index in [1.807, 2.05) is 0 Å². The van der Waals surface area contributed by atoms with Crippen LogP contribution in [0, 0.1) is 11.7 Å². The summed E-state index contributed by atoms with van der Waals surface area (Å²) >= 11 is 0. The number of nitrogens with zero attached hydrogens (tertiary/aromatic N) is 1. The molecule has 0 saturated carbocycles. The topological polar surface area (TPSA) is 20.3 Å². The molecule has 1 aromatic rings. The number of anilines is 1. The second-order valence-corrected chi connectivity index (χ2v) is 4.92. The van der Waals surface area contributed by atoms with E-state index in [0.29, 0.717) is 17.2 Å². The van der Waals surface area contributed by atoms with E-state index in [0.717, 1.165) is 19.5 Å². The molecule has 1 saturated heterocycles. The van der Waals surface area contributed by atoms with Crippen LogP contribution in [0.5, 0.6) is 0 Å². The average Bonchev–Trinajstić information content (AvgIpc) is 2.28. The lowest BCUT2D eigenvalue weighted by atomic mass is 9.99. The van der Waals surface area contributed by atoms with Gasteiger partial charge in [0.05, 0.1) is 5.69 Å². The van der Waals surface area contributed by atoms with Gasteiger partial charge in [0.15, 0.2) is 5.78 Å². The molecule has 1 aliphatic rings. The van der Waals surface area contributed by atoms with E-state index < -0.39 is 0 Å². The number of piperidine rings is 1. The first kappa shape index (κ1) is 12.1. The van der Waals surface area contributed by atoms with Crippen molar-refractivity contribution < 1.29 is 9.18 Å². The number of benzene rings is 1. The molecule has 0 N–H and O–H groups in total. The minimum absolute atomic E-state index is 0.0949. The molecule has 1 heterocycles. The predicted octanol–water partition coefficient (Wildman–Crippen LogP) is 3.26. The fraction of sp³-hybridized carbons (Fsp3) is 0.500. The summed E-state index contributed by atoms with van der Waals surface area (Å²) < 4.78 is 13.9. The molecule has 2 nitrogen and oxygen atoms in total. The minimum atomic E-state index is -0.285. The lowest BCUT2D eigenvalue weighted by Crippen LogP contribution is -2.34. The Bertz CT molecular complexity index is 430. The molecule has 1 fully saturated rings. The smallest absolute Gasteiger partial charge is 0.159 e. The summed E-state index contributed by atoms with van der Waals surface area (Å²) in [5.74, 6) is 0.227. The second kappa shape index (κ2) is 4.86. The van der Waals surface area contributed by atoms with E-state index in [1.54, 1.807) is 12.1 Å². The summed E-state index contributed by atoms with van der Waals surface area (Å²) in [4.78, 5) is 13.2. The first-order valence-electron chi connectivity index (χ1n) is 6.13. The van der Waals surface area contributed by atoms with Crippen LogP contribution < -0.4 is 4.90 Å². The lowest BCUT2D eigenvalue weighted by molar-refractivity contribution is 0.101. The van der Waals surface area contributed by atoms with Gasteiger partial charge in [-0.1, -0.05) is 6.92 Å². The number of rotatable bonds is 2. The Kier molecular flexibility index (Phi) is 3.46. The molecule has 92 valence electrons. The van der Waals surface area contributed by atoms with Gasteiger partial charge in [-0.2, -0.15) is 0 Å². The molecular formula is C14H18FNO. The van der Waals surface area contributed by atoms with Gasteiger partial charge in [0.2, 0.25) is 0 Å². The summed E-state index contributed by atoms with van der Waals surface area (Å²) in [6.07, 6.45) is 2.32. The van der Waals surface area contributed by atoms with Gasteiger partial charge in [-0.15, -0.1) is 0 Å². The summed E-state index contributed by atoms with van der Waals surface area (Å²) in [6.45, 7) is 5.45. The van der Waals surface area contributed by atoms with Crippen molar-refractivity contribution in [3.63, 3.8) is 0 Å². The number of halogens is 1. The Labute approximate surface area is 101 Å². The van der Waals surface area contributed by atoms with Crippen LogP contribution >= 0.6 is 0 Å². The zero-order valence-electron chi connectivity index (χ0n) is 10.4. The van der Waals surface area contributed by atoms with Gasteiger partial charge in [-0.05, 0) is 43.9 Å². The maximum atomic E-state index is 13.9. The summed E-state index contributed by atoms with van der Waals surface area (Å²) in [6, 6.07) is 4.78. The summed E-state index contributed by atoms with van der Waals surface area (Å²) in [7, 11) is 0. The molecule has 0 bridgehead atoms. The van der Waals surface area contributed by atoms with Crippen molar-refractivity contribution in [2.24, 2.45) is 5.92 Å². The zero-order valence-corrected chi connectivity index (χ0v) is 10.4. The third kappa shape index (κ3) is 2.65. The molecule has 1 atom stereocenters. The van der Waals surface area contributed by atoms with Crippen LogP contribution in [0.2, 0.25) is 0 Å². The molecule has 3 heteroatoms. The van der Waals surface area contributed by atoms with Crippen LogP contribution in [0.3, 0.4) is 0 Å². The van der Waals surface area contributed by atoms with E-state index >= 15 is 0 Å². The SMILES string of the molecule is CC(=O)c1ccc(N2CCCC(C)C2)c(F)c1. The normalized spacial score (nSPS) is 20.4. The maximum absolute atomic E-state index is 13.9. The first-order valence-corrected chi connectivity index (χ1v) is 6.13. The van der Waals surface area contributed by atoms with Gasteiger partial charge < -0.3 is 4.90 Å². The molecule has 1 aliphatic heterocycles. The van der Waals surface area contributed by atoms with Crippen molar-refractivity contribution in [1.82, 2.24) is 0 Å². The highest BCUT2D eigenvalue weighted by Crippen LogP contribution is 2.26. The number of carbonyl (C=O) groups excluding carboxylic acids is 1. The van der Waals surface area contributed by atoms with Crippen molar-refractivity contribution in [2.75, 3.05) is 18.0 Å². The third-order valence-electron chi connectivity index (χ3n) is 3.35. The van der Waals surface area contributed by atoms with Crippen molar-refractivity contribution in [3.8, 4) is 0 Å². The highest BCUT2D eigenvalue weighted by atomic mass is 19.1. The van der Waals surface area contributed by atoms with Crippen molar-refractivity contribution in [1.29, 1.82) is 0 Å². The van der Waals surface area contributed by atoms with Gasteiger partial charge in [0, 0.05) is 18.7 Å². The van der Waals surface area contributed by atoms with Crippen LogP contribution in [-0.2, 0) is 0 Å². The molecule has 17 heavy (non-hydrogen) atoms. The van der Waals surface area contributed by atoms with E-state index in [-0.39, 0.29) is 11.6 Å². The Hall–Kier alpha value is -1.38. The van der Waals surface area contributed by atoms with Crippen LogP contribution in [0.25, 0.3) is 0 Å². The number of ketones is 1. The molecule has 0 aliphatic carbocycles. The maximum Gasteiger partial charge on any atom is 0.159 e. The Balaban J connectivity index is 2.23. The largest absolute Gasteiger partial charge is 0.369 e. The van der Waals surface area contributed by atoms with Crippen molar-refractivity contribution in [3.05, 3.63) is 29.6 Å². The lowest BCUT2D eigenvalue weighted by Gasteiger charge is -2.33. The van der Waals surface area contributed by atoms with E-state index in [2.05, 4.69) is 11.8 Å². The van der Waals surface area contributed by atoms with E-state index in [1.165, 1.54) is 19.4 Å². The van der Waals surface area contributed by atoms with Gasteiger partial charge in [-0.25, -0.2) is 4.39 Å².